The number of fused-ring (bicyclic) bond motifs is 1. The number of nitrogens with zero attached hydrogens (tertiary/aromatic N) is 3. The van der Waals surface area contributed by atoms with Crippen LogP contribution in [0.25, 0.3) is 10.9 Å². The normalized spacial score (nSPS) is 12.5. The number of nitrogens with one attached hydrogen (secondary N) is 1. The molecule has 2 rings (SSSR count). The molecule has 0 saturated carbocycles. The van der Waals surface area contributed by atoms with Gasteiger partial charge in [0, 0.05) is 30.0 Å². The first-order chi connectivity index (χ1) is 10.2. The number of aromatic nitrogens is 2. The number of rotatable bonds is 7. The maximum absolute atomic E-state index is 10.9. The standard InChI is InChI=1S/C15H20N4O2/c1-3-5-11(16-4-2)8-15-13-9-12(19(20)21)6-7-14(13)17-10-18-15/h6-7,9-11,16H,3-5,8H2,1-2H3. The maximum Gasteiger partial charge on any atom is 0.270 e. The van der Waals surface area contributed by atoms with Crippen molar-refractivity contribution in [2.75, 3.05) is 6.54 Å². The van der Waals surface area contributed by atoms with E-state index in [-0.39, 0.29) is 10.6 Å². The Hall–Kier alpha value is -2.08. The summed E-state index contributed by atoms with van der Waals surface area (Å²) in [5.74, 6) is 0. The molecule has 21 heavy (non-hydrogen) atoms. The lowest BCUT2D eigenvalue weighted by atomic mass is 10.0. The molecular weight excluding hydrogens is 268 g/mol. The first kappa shape index (κ1) is 15.3. The van der Waals surface area contributed by atoms with Crippen molar-refractivity contribution in [3.63, 3.8) is 0 Å². The molecule has 0 fully saturated rings. The van der Waals surface area contributed by atoms with Gasteiger partial charge in [-0.15, -0.1) is 0 Å². The predicted molar refractivity (Wildman–Crippen MR) is 82.3 cm³/mol. The molecule has 6 nitrogen and oxygen atoms in total. The van der Waals surface area contributed by atoms with E-state index < -0.39 is 0 Å². The molecule has 1 N–H and O–H groups in total. The highest BCUT2D eigenvalue weighted by atomic mass is 16.6. The van der Waals surface area contributed by atoms with Crippen molar-refractivity contribution in [2.24, 2.45) is 0 Å². The van der Waals surface area contributed by atoms with Crippen LogP contribution in [0.2, 0.25) is 0 Å². The largest absolute Gasteiger partial charge is 0.314 e. The van der Waals surface area contributed by atoms with Crippen molar-refractivity contribution in [3.05, 3.63) is 40.3 Å². The Kier molecular flexibility index (Phi) is 5.16. The van der Waals surface area contributed by atoms with Crippen LogP contribution in [0.3, 0.4) is 0 Å². The van der Waals surface area contributed by atoms with Crippen LogP contribution in [0, 0.1) is 10.1 Å². The van der Waals surface area contributed by atoms with Gasteiger partial charge in [-0.05, 0) is 19.0 Å². The van der Waals surface area contributed by atoms with Gasteiger partial charge in [0.15, 0.2) is 0 Å². The van der Waals surface area contributed by atoms with Gasteiger partial charge in [0.2, 0.25) is 0 Å². The number of nitro benzene ring substituents is 1. The summed E-state index contributed by atoms with van der Waals surface area (Å²) >= 11 is 0. The molecular formula is C15H20N4O2. The van der Waals surface area contributed by atoms with Crippen LogP contribution in [0.5, 0.6) is 0 Å². The van der Waals surface area contributed by atoms with Crippen molar-refractivity contribution in [1.82, 2.24) is 15.3 Å². The SMILES string of the molecule is CCCC(Cc1ncnc2ccc([N+](=O)[O-])cc12)NCC. The van der Waals surface area contributed by atoms with Crippen LogP contribution >= 0.6 is 0 Å². The highest BCUT2D eigenvalue weighted by molar-refractivity contribution is 5.83. The summed E-state index contributed by atoms with van der Waals surface area (Å²) in [5.41, 5.74) is 1.69. The highest BCUT2D eigenvalue weighted by Crippen LogP contribution is 2.22. The van der Waals surface area contributed by atoms with Crippen LogP contribution in [0.1, 0.15) is 32.4 Å². The Morgan fingerprint density at radius 1 is 1.33 bits per heavy atom. The molecule has 0 amide bonds. The Balaban J connectivity index is 2.37. The minimum atomic E-state index is -0.385. The average Bonchev–Trinajstić information content (AvgIpc) is 2.47. The molecule has 1 unspecified atom stereocenters. The monoisotopic (exact) mass is 288 g/mol. The molecule has 112 valence electrons. The Labute approximate surface area is 123 Å². The van der Waals surface area contributed by atoms with Gasteiger partial charge in [0.1, 0.15) is 6.33 Å². The minimum absolute atomic E-state index is 0.0778. The van der Waals surface area contributed by atoms with Gasteiger partial charge in [-0.1, -0.05) is 20.3 Å². The van der Waals surface area contributed by atoms with E-state index in [4.69, 9.17) is 0 Å². The Morgan fingerprint density at radius 3 is 2.81 bits per heavy atom. The molecule has 1 atom stereocenters. The number of benzene rings is 1. The lowest BCUT2D eigenvalue weighted by Gasteiger charge is -2.17. The van der Waals surface area contributed by atoms with Crippen molar-refractivity contribution in [1.29, 1.82) is 0 Å². The topological polar surface area (TPSA) is 81.0 Å². The number of nitro groups is 1. The van der Waals surface area contributed by atoms with Crippen molar-refractivity contribution >= 4 is 16.6 Å². The molecule has 0 bridgehead atoms. The fraction of sp³-hybridized carbons (Fsp3) is 0.467. The van der Waals surface area contributed by atoms with E-state index >= 15 is 0 Å². The second kappa shape index (κ2) is 7.08. The lowest BCUT2D eigenvalue weighted by Crippen LogP contribution is -2.31. The Morgan fingerprint density at radius 2 is 2.14 bits per heavy atom. The van der Waals surface area contributed by atoms with E-state index in [1.807, 2.05) is 0 Å². The van der Waals surface area contributed by atoms with E-state index in [1.165, 1.54) is 12.4 Å². The average molecular weight is 288 g/mol. The molecule has 1 heterocycles. The van der Waals surface area contributed by atoms with Crippen molar-refractivity contribution < 1.29 is 4.92 Å². The van der Waals surface area contributed by atoms with Crippen molar-refractivity contribution in [3.8, 4) is 0 Å². The molecule has 6 heteroatoms. The summed E-state index contributed by atoms with van der Waals surface area (Å²) < 4.78 is 0. The number of non-ortho nitro benzene ring substituents is 1. The van der Waals surface area contributed by atoms with Crippen LogP contribution in [0.15, 0.2) is 24.5 Å². The fourth-order valence-corrected chi connectivity index (χ4v) is 2.52. The number of hydrogen-bond acceptors (Lipinski definition) is 5. The zero-order valence-electron chi connectivity index (χ0n) is 12.4. The first-order valence-electron chi connectivity index (χ1n) is 7.27. The fourth-order valence-electron chi connectivity index (χ4n) is 2.52. The summed E-state index contributed by atoms with van der Waals surface area (Å²) in [6, 6.07) is 5.06. The smallest absolute Gasteiger partial charge is 0.270 e. The second-order valence-corrected chi connectivity index (χ2v) is 5.03. The van der Waals surface area contributed by atoms with E-state index in [0.29, 0.717) is 6.04 Å². The molecule has 0 aliphatic rings. The zero-order valence-corrected chi connectivity index (χ0v) is 12.4. The van der Waals surface area contributed by atoms with Gasteiger partial charge in [0.05, 0.1) is 16.1 Å². The molecule has 1 aromatic carbocycles. The summed E-state index contributed by atoms with van der Waals surface area (Å²) in [6.45, 7) is 5.12. The van der Waals surface area contributed by atoms with Crippen LogP contribution in [-0.4, -0.2) is 27.5 Å². The summed E-state index contributed by atoms with van der Waals surface area (Å²) in [4.78, 5) is 19.1. The van der Waals surface area contributed by atoms with Gasteiger partial charge < -0.3 is 5.32 Å². The quantitative estimate of drug-likeness (QED) is 0.626. The van der Waals surface area contributed by atoms with E-state index in [0.717, 1.165) is 42.4 Å². The molecule has 0 radical (unpaired) electrons. The minimum Gasteiger partial charge on any atom is -0.314 e. The van der Waals surface area contributed by atoms with Crippen LogP contribution in [-0.2, 0) is 6.42 Å². The summed E-state index contributed by atoms with van der Waals surface area (Å²) in [7, 11) is 0. The van der Waals surface area contributed by atoms with Gasteiger partial charge in [0.25, 0.3) is 5.69 Å². The number of hydrogen-bond donors (Lipinski definition) is 1. The molecule has 0 aliphatic heterocycles. The summed E-state index contributed by atoms with van der Waals surface area (Å²) in [5, 5.41) is 15.1. The third-order valence-electron chi connectivity index (χ3n) is 3.48. The maximum atomic E-state index is 10.9. The third kappa shape index (κ3) is 3.72. The molecule has 1 aromatic heterocycles. The van der Waals surface area contributed by atoms with Gasteiger partial charge in [-0.2, -0.15) is 0 Å². The van der Waals surface area contributed by atoms with Gasteiger partial charge in [-0.25, -0.2) is 9.97 Å². The van der Waals surface area contributed by atoms with E-state index in [1.54, 1.807) is 12.1 Å². The molecule has 0 spiro atoms. The van der Waals surface area contributed by atoms with Crippen LogP contribution in [0.4, 0.5) is 5.69 Å². The Bertz CT molecular complexity index is 624. The summed E-state index contributed by atoms with van der Waals surface area (Å²) in [6.07, 6.45) is 4.41. The molecule has 0 saturated heterocycles. The highest BCUT2D eigenvalue weighted by Gasteiger charge is 2.14. The zero-order chi connectivity index (χ0) is 15.2. The van der Waals surface area contributed by atoms with Crippen LogP contribution < -0.4 is 5.32 Å². The molecule has 0 aliphatic carbocycles. The molecule has 2 aromatic rings. The second-order valence-electron chi connectivity index (χ2n) is 5.03. The van der Waals surface area contributed by atoms with Gasteiger partial charge in [-0.3, -0.25) is 10.1 Å². The number of likely N-dealkylation sites (N-methyl/N-ethyl adjacent to an activating group) is 1. The first-order valence-corrected chi connectivity index (χ1v) is 7.27. The third-order valence-corrected chi connectivity index (χ3v) is 3.48. The predicted octanol–water partition coefficient (Wildman–Crippen LogP) is 2.86. The lowest BCUT2D eigenvalue weighted by molar-refractivity contribution is -0.384. The van der Waals surface area contributed by atoms with Gasteiger partial charge >= 0.3 is 0 Å². The van der Waals surface area contributed by atoms with Crippen molar-refractivity contribution in [2.45, 2.75) is 39.2 Å². The van der Waals surface area contributed by atoms with E-state index in [9.17, 15) is 10.1 Å². The van der Waals surface area contributed by atoms with E-state index in [2.05, 4.69) is 29.1 Å².